The smallest absolute Gasteiger partial charge is 0.201 e. The lowest BCUT2D eigenvalue weighted by Crippen LogP contribution is -2.36. The monoisotopic (exact) mass is 388 g/mol. The topological polar surface area (TPSA) is 83.1 Å². The zero-order valence-electron chi connectivity index (χ0n) is 15.7. The van der Waals surface area contributed by atoms with Gasteiger partial charge in [0.1, 0.15) is 0 Å². The van der Waals surface area contributed by atoms with Gasteiger partial charge in [0.2, 0.25) is 5.88 Å². The van der Waals surface area contributed by atoms with E-state index in [1.807, 2.05) is 24.3 Å². The highest BCUT2D eigenvalue weighted by molar-refractivity contribution is 6.20. The first-order valence-corrected chi connectivity index (χ1v) is 9.50. The molecule has 29 heavy (non-hydrogen) atoms. The van der Waals surface area contributed by atoms with E-state index < -0.39 is 0 Å². The van der Waals surface area contributed by atoms with Gasteiger partial charge in [-0.15, -0.1) is 0 Å². The molecule has 1 fully saturated rings. The van der Waals surface area contributed by atoms with E-state index in [1.165, 1.54) is 5.69 Å². The van der Waals surface area contributed by atoms with Crippen molar-refractivity contribution >= 4 is 40.9 Å². The third-order valence-corrected chi connectivity index (χ3v) is 4.96. The van der Waals surface area contributed by atoms with Crippen molar-refractivity contribution in [2.45, 2.75) is 0 Å². The Hall–Kier alpha value is -3.58. The summed E-state index contributed by atoms with van der Waals surface area (Å²) in [5, 5.41) is 13.5. The van der Waals surface area contributed by atoms with Crippen LogP contribution in [0.4, 0.5) is 23.1 Å². The lowest BCUT2D eigenvalue weighted by atomic mass is 10.1. The van der Waals surface area contributed by atoms with E-state index >= 15 is 0 Å². The number of aromatic nitrogens is 1. The van der Waals surface area contributed by atoms with Gasteiger partial charge in [-0.1, -0.05) is 0 Å². The molecule has 2 aromatic heterocycles. The van der Waals surface area contributed by atoms with Crippen LogP contribution in [0.3, 0.4) is 0 Å². The quantitative estimate of drug-likeness (QED) is 0.696. The van der Waals surface area contributed by atoms with Crippen molar-refractivity contribution in [1.29, 1.82) is 0 Å². The molecule has 2 aliphatic heterocycles. The Kier molecular flexibility index (Phi) is 4.50. The van der Waals surface area contributed by atoms with Gasteiger partial charge in [0.25, 0.3) is 0 Å². The molecule has 4 heterocycles. The highest BCUT2D eigenvalue weighted by Gasteiger charge is 2.16. The molecule has 0 bridgehead atoms. The number of nitrogens with zero attached hydrogens (tertiary/aromatic N) is 3. The third kappa shape index (κ3) is 3.60. The molecule has 1 saturated heterocycles. The number of furan rings is 1. The van der Waals surface area contributed by atoms with Gasteiger partial charge in [-0.3, -0.25) is 0 Å². The van der Waals surface area contributed by atoms with Crippen molar-refractivity contribution < 1.29 is 14.3 Å². The van der Waals surface area contributed by atoms with Crippen molar-refractivity contribution in [3.8, 4) is 5.75 Å². The number of allylic oxidation sites excluding steroid dienone is 1. The highest BCUT2D eigenvalue weighted by atomic mass is 16.5. The number of rotatable bonds is 4. The Balaban J connectivity index is 1.32. The number of anilines is 3. The number of benzene rings is 1. The minimum Gasteiger partial charge on any atom is -0.504 e. The number of hydrogen-bond donors (Lipinski definition) is 2. The van der Waals surface area contributed by atoms with E-state index in [4.69, 9.17) is 9.15 Å². The second-order valence-corrected chi connectivity index (χ2v) is 6.86. The number of fused-ring (bicyclic) bond motifs is 1. The van der Waals surface area contributed by atoms with Gasteiger partial charge in [0.05, 0.1) is 13.2 Å². The lowest BCUT2D eigenvalue weighted by molar-refractivity contribution is 0.122. The van der Waals surface area contributed by atoms with Crippen LogP contribution in [0.25, 0.3) is 11.6 Å². The molecule has 146 valence electrons. The predicted octanol–water partition coefficient (Wildman–Crippen LogP) is 4.22. The van der Waals surface area contributed by atoms with Gasteiger partial charge >= 0.3 is 0 Å². The van der Waals surface area contributed by atoms with Gasteiger partial charge < -0.3 is 24.5 Å². The van der Waals surface area contributed by atoms with E-state index in [2.05, 4.69) is 32.3 Å². The summed E-state index contributed by atoms with van der Waals surface area (Å²) < 4.78 is 11.2. The van der Waals surface area contributed by atoms with Crippen LogP contribution in [0, 0.1) is 0 Å². The fourth-order valence-corrected chi connectivity index (χ4v) is 3.46. The molecule has 0 atom stereocenters. The Morgan fingerprint density at radius 2 is 1.93 bits per heavy atom. The third-order valence-electron chi connectivity index (χ3n) is 4.96. The highest BCUT2D eigenvalue weighted by Crippen LogP contribution is 2.35. The number of aliphatic imine (C=N–C) groups is 1. The van der Waals surface area contributed by atoms with E-state index in [0.29, 0.717) is 17.5 Å². The zero-order valence-corrected chi connectivity index (χ0v) is 15.7. The zero-order chi connectivity index (χ0) is 19.6. The molecule has 7 heteroatoms. The largest absolute Gasteiger partial charge is 0.504 e. The number of aromatic hydroxyl groups is 1. The first kappa shape index (κ1) is 17.5. The number of nitrogens with one attached hydrogen (secondary N) is 1. The number of hydrogen-bond acceptors (Lipinski definition) is 7. The van der Waals surface area contributed by atoms with Gasteiger partial charge in [-0.05, 0) is 42.5 Å². The van der Waals surface area contributed by atoms with Crippen molar-refractivity contribution in [2.75, 3.05) is 36.5 Å². The van der Waals surface area contributed by atoms with Crippen LogP contribution in [0.2, 0.25) is 0 Å². The summed E-state index contributed by atoms with van der Waals surface area (Å²) in [6.07, 6.45) is 5.19. The van der Waals surface area contributed by atoms with E-state index in [9.17, 15) is 5.11 Å². The maximum absolute atomic E-state index is 10.3. The fraction of sp³-hybridized carbons (Fsp3) is 0.182. The molecule has 3 aromatic rings. The number of morpholine rings is 1. The van der Waals surface area contributed by atoms with Crippen LogP contribution >= 0.6 is 0 Å². The van der Waals surface area contributed by atoms with Gasteiger partial charge in [0.15, 0.2) is 17.3 Å². The number of pyridine rings is 1. The second-order valence-electron chi connectivity index (χ2n) is 6.86. The molecule has 0 radical (unpaired) electrons. The van der Waals surface area contributed by atoms with Crippen molar-refractivity contribution in [3.05, 3.63) is 60.0 Å². The molecule has 0 unspecified atom stereocenters. The van der Waals surface area contributed by atoms with Crippen molar-refractivity contribution in [1.82, 2.24) is 4.98 Å². The molecule has 2 aliphatic rings. The number of ether oxygens (including phenoxy) is 1. The van der Waals surface area contributed by atoms with Gasteiger partial charge in [0, 0.05) is 54.1 Å². The molecular formula is C22H20N4O3. The average Bonchev–Trinajstić information content (AvgIpc) is 3.33. The standard InChI is InChI=1S/C22H20N4O3/c27-19-13-21(25-16-3-5-17(6-4-16)26-8-10-28-11-9-26)29-20(19)12-15-14-24-22-18(15)2-1-7-23-22/h1-7,12-14,25,27H,8-11H2. The molecule has 0 spiro atoms. The van der Waals surface area contributed by atoms with E-state index in [1.54, 1.807) is 24.6 Å². The van der Waals surface area contributed by atoms with E-state index in [-0.39, 0.29) is 5.75 Å². The molecule has 2 N–H and O–H groups in total. The lowest BCUT2D eigenvalue weighted by Gasteiger charge is -2.28. The average molecular weight is 388 g/mol. The van der Waals surface area contributed by atoms with Crippen LogP contribution in [-0.2, 0) is 4.74 Å². The fourth-order valence-electron chi connectivity index (χ4n) is 3.46. The minimum atomic E-state index is 0.0654. The summed E-state index contributed by atoms with van der Waals surface area (Å²) >= 11 is 0. The SMILES string of the molecule is Oc1cc(Nc2ccc(N3CCOCC3)cc2)oc1C=C1C=Nc2ncccc21. The summed E-state index contributed by atoms with van der Waals surface area (Å²) in [6.45, 7) is 3.32. The van der Waals surface area contributed by atoms with Crippen LogP contribution < -0.4 is 10.2 Å². The van der Waals surface area contributed by atoms with Crippen LogP contribution in [0.15, 0.2) is 58.1 Å². The molecule has 7 nitrogen and oxygen atoms in total. The molecule has 0 saturated carbocycles. The normalized spacial score (nSPS) is 17.0. The van der Waals surface area contributed by atoms with Gasteiger partial charge in [-0.25, -0.2) is 9.98 Å². The molecular weight excluding hydrogens is 368 g/mol. The Morgan fingerprint density at radius 3 is 2.76 bits per heavy atom. The second kappa shape index (κ2) is 7.44. The molecule has 0 aliphatic carbocycles. The molecule has 0 amide bonds. The van der Waals surface area contributed by atoms with Crippen LogP contribution in [0.1, 0.15) is 11.3 Å². The minimum absolute atomic E-state index is 0.0654. The summed E-state index contributed by atoms with van der Waals surface area (Å²) in [5.41, 5.74) is 3.81. The Labute approximate surface area is 168 Å². The first-order chi connectivity index (χ1) is 14.3. The van der Waals surface area contributed by atoms with Crippen LogP contribution in [-0.4, -0.2) is 42.6 Å². The molecule has 1 aromatic carbocycles. The molecule has 5 rings (SSSR count). The summed E-state index contributed by atoms with van der Waals surface area (Å²) in [6, 6.07) is 13.5. The maximum Gasteiger partial charge on any atom is 0.201 e. The van der Waals surface area contributed by atoms with E-state index in [0.717, 1.165) is 43.1 Å². The summed E-state index contributed by atoms with van der Waals surface area (Å²) in [5.74, 6) is 1.57. The Bertz CT molecular complexity index is 1080. The van der Waals surface area contributed by atoms with Crippen LogP contribution in [0.5, 0.6) is 5.75 Å². The Morgan fingerprint density at radius 1 is 1.10 bits per heavy atom. The van der Waals surface area contributed by atoms with Crippen molar-refractivity contribution in [2.24, 2.45) is 4.99 Å². The van der Waals surface area contributed by atoms with Gasteiger partial charge in [-0.2, -0.15) is 0 Å². The summed E-state index contributed by atoms with van der Waals surface area (Å²) in [7, 11) is 0. The van der Waals surface area contributed by atoms with Crippen molar-refractivity contribution in [3.63, 3.8) is 0 Å². The summed E-state index contributed by atoms with van der Waals surface area (Å²) in [4.78, 5) is 10.8. The maximum atomic E-state index is 10.3. The first-order valence-electron chi connectivity index (χ1n) is 9.50. The predicted molar refractivity (Wildman–Crippen MR) is 113 cm³/mol.